The predicted molar refractivity (Wildman–Crippen MR) is 137 cm³/mol. The molecule has 7 nitrogen and oxygen atoms in total. The van der Waals surface area contributed by atoms with Gasteiger partial charge in [0, 0.05) is 48.2 Å². The van der Waals surface area contributed by atoms with Crippen LogP contribution in [0.2, 0.25) is 0 Å². The zero-order chi connectivity index (χ0) is 25.4. The third kappa shape index (κ3) is 4.81. The zero-order valence-corrected chi connectivity index (χ0v) is 21.1. The summed E-state index contributed by atoms with van der Waals surface area (Å²) in [5, 5.41) is 3.47. The van der Waals surface area contributed by atoms with Crippen LogP contribution >= 0.6 is 0 Å². The van der Waals surface area contributed by atoms with E-state index in [1.54, 1.807) is 4.90 Å². The molecule has 36 heavy (non-hydrogen) atoms. The fraction of sp³-hybridized carbons (Fsp3) is 0.464. The van der Waals surface area contributed by atoms with Crippen LogP contribution in [0.25, 0.3) is 22.2 Å². The molecular formula is C28H33FN4O3. The molecule has 1 aliphatic carbocycles. The highest BCUT2D eigenvalue weighted by molar-refractivity contribution is 5.92. The van der Waals surface area contributed by atoms with Gasteiger partial charge in [0.05, 0.1) is 11.9 Å². The van der Waals surface area contributed by atoms with Gasteiger partial charge in [0.15, 0.2) is 12.4 Å². The molecule has 0 bridgehead atoms. The third-order valence-corrected chi connectivity index (χ3v) is 7.43. The number of benzene rings is 1. The number of nitrogens with one attached hydrogen (secondary N) is 2. The molecule has 2 N–H and O–H groups in total. The van der Waals surface area contributed by atoms with Gasteiger partial charge < -0.3 is 19.9 Å². The summed E-state index contributed by atoms with van der Waals surface area (Å²) < 4.78 is 19.9. The van der Waals surface area contributed by atoms with E-state index in [1.165, 1.54) is 18.8 Å². The molecule has 3 heterocycles. The summed E-state index contributed by atoms with van der Waals surface area (Å²) in [5.74, 6) is 0.521. The van der Waals surface area contributed by atoms with Crippen molar-refractivity contribution in [3.8, 4) is 11.3 Å². The van der Waals surface area contributed by atoms with E-state index < -0.39 is 6.09 Å². The van der Waals surface area contributed by atoms with Crippen LogP contribution in [0.1, 0.15) is 74.1 Å². The second kappa shape index (κ2) is 9.91. The monoisotopic (exact) mass is 492 g/mol. The smallest absolute Gasteiger partial charge is 0.407 e. The van der Waals surface area contributed by atoms with E-state index in [0.29, 0.717) is 30.5 Å². The molecule has 8 heteroatoms. The fourth-order valence-electron chi connectivity index (χ4n) is 5.30. The zero-order valence-electron chi connectivity index (χ0n) is 21.1. The number of nitrogens with zero attached hydrogens (tertiary/aromatic N) is 2. The highest BCUT2D eigenvalue weighted by Gasteiger charge is 2.28. The maximum atomic E-state index is 15.0. The van der Waals surface area contributed by atoms with E-state index in [0.717, 1.165) is 53.5 Å². The molecule has 1 saturated carbocycles. The van der Waals surface area contributed by atoms with Crippen molar-refractivity contribution in [1.82, 2.24) is 20.2 Å². The Morgan fingerprint density at radius 2 is 1.92 bits per heavy atom. The Labute approximate surface area is 210 Å². The standard InChI is InChI=1S/C28H33FN4O3/c1-16(2)26-21-12-19(17-8-10-33(11-9-17)25(34)15-36-28(35)30-3)6-7-23(21)32-27(26)20-13-24(18-4-5-18)31-14-22(20)29/h6-7,12-14,16-18,32H,4-5,8-11,15H2,1-3H3,(H,30,35). The number of rotatable bonds is 6. The number of amides is 2. The summed E-state index contributed by atoms with van der Waals surface area (Å²) in [4.78, 5) is 33.2. The minimum absolute atomic E-state index is 0.171. The number of hydrogen-bond acceptors (Lipinski definition) is 4. The molecule has 1 aliphatic heterocycles. The van der Waals surface area contributed by atoms with Crippen molar-refractivity contribution in [2.24, 2.45) is 0 Å². The van der Waals surface area contributed by atoms with Gasteiger partial charge in [-0.3, -0.25) is 9.78 Å². The molecule has 190 valence electrons. The molecule has 0 spiro atoms. The van der Waals surface area contributed by atoms with E-state index in [4.69, 9.17) is 4.74 Å². The molecule has 3 aromatic rings. The quantitative estimate of drug-likeness (QED) is 0.480. The summed E-state index contributed by atoms with van der Waals surface area (Å²) in [6, 6.07) is 8.39. The third-order valence-electron chi connectivity index (χ3n) is 7.43. The van der Waals surface area contributed by atoms with Crippen molar-refractivity contribution in [2.75, 3.05) is 26.7 Å². The number of pyridine rings is 1. The lowest BCUT2D eigenvalue weighted by Crippen LogP contribution is -2.40. The minimum atomic E-state index is -0.603. The molecular weight excluding hydrogens is 459 g/mol. The lowest BCUT2D eigenvalue weighted by atomic mass is 9.87. The second-order valence-electron chi connectivity index (χ2n) is 10.2. The van der Waals surface area contributed by atoms with Crippen LogP contribution in [0, 0.1) is 5.82 Å². The number of piperidine rings is 1. The van der Waals surface area contributed by atoms with Gasteiger partial charge in [0.1, 0.15) is 0 Å². The Balaban J connectivity index is 1.38. The van der Waals surface area contributed by atoms with Crippen molar-refractivity contribution in [1.29, 1.82) is 0 Å². The van der Waals surface area contributed by atoms with E-state index in [-0.39, 0.29) is 24.2 Å². The highest BCUT2D eigenvalue weighted by Crippen LogP contribution is 2.43. The van der Waals surface area contributed by atoms with Crippen LogP contribution in [-0.2, 0) is 9.53 Å². The van der Waals surface area contributed by atoms with Gasteiger partial charge in [-0.1, -0.05) is 19.9 Å². The average molecular weight is 493 g/mol. The Morgan fingerprint density at radius 3 is 2.58 bits per heavy atom. The maximum Gasteiger partial charge on any atom is 0.407 e. The van der Waals surface area contributed by atoms with Gasteiger partial charge in [-0.2, -0.15) is 0 Å². The van der Waals surface area contributed by atoms with Crippen molar-refractivity contribution in [3.05, 3.63) is 53.1 Å². The Hall–Kier alpha value is -3.42. The fourth-order valence-corrected chi connectivity index (χ4v) is 5.30. The van der Waals surface area contributed by atoms with Gasteiger partial charge in [0.2, 0.25) is 0 Å². The van der Waals surface area contributed by atoms with Gasteiger partial charge in [-0.05, 0) is 66.8 Å². The largest absolute Gasteiger partial charge is 0.439 e. The van der Waals surface area contributed by atoms with Crippen molar-refractivity contribution in [2.45, 2.75) is 57.3 Å². The minimum Gasteiger partial charge on any atom is -0.439 e. The lowest BCUT2D eigenvalue weighted by molar-refractivity contribution is -0.135. The first-order valence-corrected chi connectivity index (χ1v) is 12.8. The molecule has 2 amide bonds. The number of likely N-dealkylation sites (tertiary alicyclic amines) is 1. The summed E-state index contributed by atoms with van der Waals surface area (Å²) in [5.41, 5.74) is 5.77. The molecule has 0 atom stereocenters. The van der Waals surface area contributed by atoms with E-state index in [9.17, 15) is 14.0 Å². The van der Waals surface area contributed by atoms with Crippen LogP contribution in [-0.4, -0.2) is 53.6 Å². The van der Waals surface area contributed by atoms with Crippen molar-refractivity contribution in [3.63, 3.8) is 0 Å². The summed E-state index contributed by atoms with van der Waals surface area (Å²) in [7, 11) is 1.46. The summed E-state index contributed by atoms with van der Waals surface area (Å²) in [6.45, 7) is 5.30. The van der Waals surface area contributed by atoms with Gasteiger partial charge in [-0.25, -0.2) is 9.18 Å². The lowest BCUT2D eigenvalue weighted by Gasteiger charge is -2.32. The Kier molecular flexibility index (Phi) is 6.69. The molecule has 2 fully saturated rings. The second-order valence-corrected chi connectivity index (χ2v) is 10.2. The number of alkyl carbamates (subject to hydrolysis) is 1. The van der Waals surface area contributed by atoms with E-state index in [2.05, 4.69) is 47.3 Å². The van der Waals surface area contributed by atoms with Crippen LogP contribution in [0.4, 0.5) is 9.18 Å². The molecule has 2 aromatic heterocycles. The number of carbonyl (C=O) groups is 2. The highest BCUT2D eigenvalue weighted by atomic mass is 19.1. The summed E-state index contributed by atoms with van der Waals surface area (Å²) in [6.07, 6.45) is 4.69. The van der Waals surface area contributed by atoms with Crippen LogP contribution in [0.5, 0.6) is 0 Å². The van der Waals surface area contributed by atoms with E-state index >= 15 is 0 Å². The topological polar surface area (TPSA) is 87.3 Å². The molecule has 5 rings (SSSR count). The molecule has 0 radical (unpaired) electrons. The number of carbonyl (C=O) groups excluding carboxylic acids is 2. The van der Waals surface area contributed by atoms with Crippen molar-refractivity contribution >= 4 is 22.9 Å². The first kappa shape index (κ1) is 24.3. The average Bonchev–Trinajstić information content (AvgIpc) is 3.66. The Bertz CT molecular complexity index is 1290. The van der Waals surface area contributed by atoms with Gasteiger partial charge >= 0.3 is 6.09 Å². The van der Waals surface area contributed by atoms with Crippen LogP contribution in [0.15, 0.2) is 30.5 Å². The van der Waals surface area contributed by atoms with Crippen molar-refractivity contribution < 1.29 is 18.7 Å². The number of hydrogen-bond donors (Lipinski definition) is 2. The molecule has 1 saturated heterocycles. The first-order valence-electron chi connectivity index (χ1n) is 12.8. The molecule has 0 unspecified atom stereocenters. The van der Waals surface area contributed by atoms with E-state index in [1.807, 2.05) is 6.07 Å². The molecule has 2 aliphatic rings. The number of halogens is 1. The maximum absolute atomic E-state index is 15.0. The SMILES string of the molecule is CNC(=O)OCC(=O)N1CCC(c2ccc3[nH]c(-c4cc(C5CC5)ncc4F)c(C(C)C)c3c2)CC1. The van der Waals surface area contributed by atoms with Crippen LogP contribution < -0.4 is 5.32 Å². The van der Waals surface area contributed by atoms with Gasteiger partial charge in [-0.15, -0.1) is 0 Å². The predicted octanol–water partition coefficient (Wildman–Crippen LogP) is 5.43. The van der Waals surface area contributed by atoms with Gasteiger partial charge in [0.25, 0.3) is 5.91 Å². The first-order chi connectivity index (χ1) is 17.4. The number of fused-ring (bicyclic) bond motifs is 1. The molecule has 1 aromatic carbocycles. The number of aromatic nitrogens is 2. The normalized spacial score (nSPS) is 16.5. The number of aromatic amines is 1. The number of ether oxygens (including phenoxy) is 1. The Morgan fingerprint density at radius 1 is 1.17 bits per heavy atom. The number of H-pyrrole nitrogens is 1. The van der Waals surface area contributed by atoms with Crippen LogP contribution in [0.3, 0.4) is 0 Å². The summed E-state index contributed by atoms with van der Waals surface area (Å²) >= 11 is 0.